The van der Waals surface area contributed by atoms with Crippen molar-refractivity contribution in [2.75, 3.05) is 19.4 Å². The molecular formula is C17H33NO2S. The van der Waals surface area contributed by atoms with Crippen LogP contribution in [-0.2, 0) is 4.74 Å². The van der Waals surface area contributed by atoms with Gasteiger partial charge in [0.1, 0.15) is 0 Å². The molecule has 21 heavy (non-hydrogen) atoms. The van der Waals surface area contributed by atoms with Crippen LogP contribution >= 0.6 is 11.8 Å². The van der Waals surface area contributed by atoms with Gasteiger partial charge in [-0.3, -0.25) is 0 Å². The molecular weight excluding hydrogens is 282 g/mol. The molecule has 0 heterocycles. The van der Waals surface area contributed by atoms with E-state index < -0.39 is 0 Å². The first-order valence-corrected chi connectivity index (χ1v) is 10.1. The number of thioether (sulfide) groups is 1. The van der Waals surface area contributed by atoms with Crippen LogP contribution in [0.5, 0.6) is 0 Å². The van der Waals surface area contributed by atoms with Crippen molar-refractivity contribution in [1.82, 2.24) is 5.32 Å². The molecule has 0 bridgehead atoms. The van der Waals surface area contributed by atoms with Gasteiger partial charge in [-0.05, 0) is 37.9 Å². The third kappa shape index (κ3) is 5.74. The largest absolute Gasteiger partial charge is 0.389 e. The molecule has 0 saturated heterocycles. The van der Waals surface area contributed by atoms with Crippen LogP contribution in [0, 0.1) is 5.92 Å². The van der Waals surface area contributed by atoms with Crippen LogP contribution in [0.25, 0.3) is 0 Å². The zero-order valence-electron chi connectivity index (χ0n) is 13.7. The molecule has 124 valence electrons. The van der Waals surface area contributed by atoms with Crippen LogP contribution in [0.2, 0.25) is 0 Å². The van der Waals surface area contributed by atoms with Gasteiger partial charge in [-0.25, -0.2) is 0 Å². The second-order valence-corrected chi connectivity index (χ2v) is 7.94. The topological polar surface area (TPSA) is 41.5 Å². The standard InChI is InChI=1S/C17H33NO2S/c1-13-7-3-5-9-16(13)20-12-14(19)11-18-15-8-4-6-10-17(15)21-2/h13-19H,3-12H2,1-2H3. The Balaban J connectivity index is 1.63. The lowest BCUT2D eigenvalue weighted by molar-refractivity contribution is -0.0457. The fraction of sp³-hybridized carbons (Fsp3) is 1.00. The van der Waals surface area contributed by atoms with E-state index >= 15 is 0 Å². The van der Waals surface area contributed by atoms with E-state index in [4.69, 9.17) is 4.74 Å². The molecule has 0 aromatic rings. The Morgan fingerprint density at radius 3 is 2.62 bits per heavy atom. The van der Waals surface area contributed by atoms with Gasteiger partial charge in [-0.2, -0.15) is 11.8 Å². The summed E-state index contributed by atoms with van der Waals surface area (Å²) < 4.78 is 5.95. The highest BCUT2D eigenvalue weighted by molar-refractivity contribution is 7.99. The fourth-order valence-electron chi connectivity index (χ4n) is 3.72. The Hall–Kier alpha value is 0.230. The number of hydrogen-bond acceptors (Lipinski definition) is 4. The first-order valence-electron chi connectivity index (χ1n) is 8.76. The summed E-state index contributed by atoms with van der Waals surface area (Å²) in [5.74, 6) is 0.651. The fourth-order valence-corrected chi connectivity index (χ4v) is 4.69. The summed E-state index contributed by atoms with van der Waals surface area (Å²) in [4.78, 5) is 0. The van der Waals surface area contributed by atoms with E-state index in [0.717, 1.165) is 0 Å². The van der Waals surface area contributed by atoms with Gasteiger partial charge in [0.05, 0.1) is 18.8 Å². The van der Waals surface area contributed by atoms with Crippen molar-refractivity contribution in [3.05, 3.63) is 0 Å². The maximum absolute atomic E-state index is 10.2. The van der Waals surface area contributed by atoms with Crippen LogP contribution in [-0.4, -0.2) is 48.0 Å². The first-order chi connectivity index (χ1) is 10.2. The van der Waals surface area contributed by atoms with Gasteiger partial charge >= 0.3 is 0 Å². The minimum atomic E-state index is -0.372. The molecule has 0 amide bonds. The summed E-state index contributed by atoms with van der Waals surface area (Å²) in [5, 5.41) is 14.4. The summed E-state index contributed by atoms with van der Waals surface area (Å²) in [6.45, 7) is 3.43. The van der Waals surface area contributed by atoms with Gasteiger partial charge in [0.2, 0.25) is 0 Å². The average Bonchev–Trinajstić information content (AvgIpc) is 2.52. The Morgan fingerprint density at radius 2 is 1.86 bits per heavy atom. The molecule has 0 spiro atoms. The van der Waals surface area contributed by atoms with Crippen molar-refractivity contribution < 1.29 is 9.84 Å². The van der Waals surface area contributed by atoms with E-state index in [-0.39, 0.29) is 6.10 Å². The molecule has 2 rings (SSSR count). The normalized spacial score (nSPS) is 35.6. The van der Waals surface area contributed by atoms with Gasteiger partial charge in [0.15, 0.2) is 0 Å². The van der Waals surface area contributed by atoms with E-state index in [1.807, 2.05) is 11.8 Å². The van der Waals surface area contributed by atoms with E-state index in [1.165, 1.54) is 51.4 Å². The monoisotopic (exact) mass is 315 g/mol. The first kappa shape index (κ1) is 17.6. The van der Waals surface area contributed by atoms with Crippen LogP contribution < -0.4 is 5.32 Å². The minimum absolute atomic E-state index is 0.363. The molecule has 2 aliphatic rings. The van der Waals surface area contributed by atoms with Gasteiger partial charge in [-0.1, -0.05) is 32.6 Å². The molecule has 3 nitrogen and oxygen atoms in total. The van der Waals surface area contributed by atoms with Gasteiger partial charge < -0.3 is 15.2 Å². The van der Waals surface area contributed by atoms with Gasteiger partial charge in [-0.15, -0.1) is 0 Å². The van der Waals surface area contributed by atoms with Crippen molar-refractivity contribution in [3.8, 4) is 0 Å². The molecule has 0 aromatic carbocycles. The molecule has 2 N–H and O–H groups in total. The average molecular weight is 316 g/mol. The molecule has 4 heteroatoms. The van der Waals surface area contributed by atoms with Crippen LogP contribution in [0.4, 0.5) is 0 Å². The number of nitrogens with one attached hydrogen (secondary N) is 1. The van der Waals surface area contributed by atoms with E-state index in [1.54, 1.807) is 0 Å². The molecule has 0 aliphatic heterocycles. The lowest BCUT2D eigenvalue weighted by atomic mass is 9.88. The Bertz CT molecular complexity index is 290. The molecule has 2 aliphatic carbocycles. The van der Waals surface area contributed by atoms with Gasteiger partial charge in [0, 0.05) is 17.8 Å². The number of ether oxygens (including phenoxy) is 1. The Labute approximate surface area is 134 Å². The molecule has 5 unspecified atom stereocenters. The van der Waals surface area contributed by atoms with Crippen molar-refractivity contribution in [3.63, 3.8) is 0 Å². The van der Waals surface area contributed by atoms with Crippen molar-refractivity contribution in [2.45, 2.75) is 81.8 Å². The minimum Gasteiger partial charge on any atom is -0.389 e. The van der Waals surface area contributed by atoms with Crippen molar-refractivity contribution in [2.24, 2.45) is 5.92 Å². The summed E-state index contributed by atoms with van der Waals surface area (Å²) in [5.41, 5.74) is 0. The molecule has 5 atom stereocenters. The predicted octanol–water partition coefficient (Wildman–Crippen LogP) is 3.21. The predicted molar refractivity (Wildman–Crippen MR) is 90.9 cm³/mol. The summed E-state index contributed by atoms with van der Waals surface area (Å²) in [6.07, 6.45) is 12.5. The van der Waals surface area contributed by atoms with Crippen LogP contribution in [0.15, 0.2) is 0 Å². The SMILES string of the molecule is CSC1CCCCC1NCC(O)COC1CCCCC1C. The third-order valence-electron chi connectivity index (χ3n) is 5.16. The quantitative estimate of drug-likeness (QED) is 0.757. The lowest BCUT2D eigenvalue weighted by Gasteiger charge is -2.32. The molecule has 2 saturated carbocycles. The highest BCUT2D eigenvalue weighted by Gasteiger charge is 2.25. The van der Waals surface area contributed by atoms with Gasteiger partial charge in [0.25, 0.3) is 0 Å². The maximum Gasteiger partial charge on any atom is 0.0897 e. The van der Waals surface area contributed by atoms with Crippen molar-refractivity contribution >= 4 is 11.8 Å². The summed E-state index contributed by atoms with van der Waals surface area (Å²) in [7, 11) is 0. The summed E-state index contributed by atoms with van der Waals surface area (Å²) >= 11 is 1.97. The second-order valence-electron chi connectivity index (χ2n) is 6.86. The highest BCUT2D eigenvalue weighted by Crippen LogP contribution is 2.27. The molecule has 2 fully saturated rings. The second kappa shape index (κ2) is 9.39. The summed E-state index contributed by atoms with van der Waals surface area (Å²) in [6, 6.07) is 0.567. The molecule has 0 radical (unpaired) electrons. The number of hydrogen-bond donors (Lipinski definition) is 2. The van der Waals surface area contributed by atoms with Crippen molar-refractivity contribution in [1.29, 1.82) is 0 Å². The zero-order valence-corrected chi connectivity index (χ0v) is 14.5. The highest BCUT2D eigenvalue weighted by atomic mass is 32.2. The Morgan fingerprint density at radius 1 is 1.14 bits per heavy atom. The van der Waals surface area contributed by atoms with Crippen LogP contribution in [0.3, 0.4) is 0 Å². The maximum atomic E-state index is 10.2. The number of rotatable bonds is 7. The zero-order chi connectivity index (χ0) is 15.1. The Kier molecular flexibility index (Phi) is 7.86. The van der Waals surface area contributed by atoms with E-state index in [0.29, 0.717) is 36.5 Å². The van der Waals surface area contributed by atoms with Crippen LogP contribution in [0.1, 0.15) is 58.3 Å². The number of aliphatic hydroxyl groups is 1. The smallest absolute Gasteiger partial charge is 0.0897 e. The third-order valence-corrected chi connectivity index (χ3v) is 6.33. The van der Waals surface area contributed by atoms with E-state index in [9.17, 15) is 5.11 Å². The van der Waals surface area contributed by atoms with E-state index in [2.05, 4.69) is 18.5 Å². The lowest BCUT2D eigenvalue weighted by Crippen LogP contribution is -2.45. The molecule has 0 aromatic heterocycles. The number of aliphatic hydroxyl groups excluding tert-OH is 1.